The van der Waals surface area contributed by atoms with Crippen LogP contribution in [0.2, 0.25) is 0 Å². The Morgan fingerprint density at radius 2 is 1.72 bits per heavy atom. The zero-order chi connectivity index (χ0) is 17.7. The number of hydrogen-bond acceptors (Lipinski definition) is 3. The molecule has 1 atom stereocenters. The molecule has 0 aromatic rings. The number of likely N-dealkylation sites (tertiary alicyclic amines) is 2. The van der Waals surface area contributed by atoms with Crippen LogP contribution in [-0.4, -0.2) is 60.4 Å². The summed E-state index contributed by atoms with van der Waals surface area (Å²) in [5, 5.41) is 3.40. The molecule has 2 aliphatic rings. The number of nitrogens with zero attached hydrogens (tertiary/aromatic N) is 2. The highest BCUT2D eigenvalue weighted by atomic mass is 35.5. The molecule has 1 unspecified atom stereocenters. The Bertz CT molecular complexity index is 442. The monoisotopic (exact) mass is 373 g/mol. The Balaban J connectivity index is 0.00000312. The lowest BCUT2D eigenvalue weighted by atomic mass is 9.91. The molecule has 0 aliphatic carbocycles. The van der Waals surface area contributed by atoms with Crippen molar-refractivity contribution in [3.05, 3.63) is 0 Å². The van der Waals surface area contributed by atoms with Crippen LogP contribution in [0.5, 0.6) is 0 Å². The van der Waals surface area contributed by atoms with Gasteiger partial charge in [0.1, 0.15) is 6.04 Å². The SMILES string of the molecule is CCNCC1CCN(C(=O)C2CCCN2C(=O)CC(C)(C)C)CC1.Cl. The number of halogens is 1. The molecule has 2 aliphatic heterocycles. The second-order valence-electron chi connectivity index (χ2n) is 8.56. The Hall–Kier alpha value is -0.810. The van der Waals surface area contributed by atoms with Crippen molar-refractivity contribution < 1.29 is 9.59 Å². The summed E-state index contributed by atoms with van der Waals surface area (Å²) in [6, 6.07) is -0.217. The molecule has 146 valence electrons. The summed E-state index contributed by atoms with van der Waals surface area (Å²) in [5.41, 5.74) is -0.0299. The third kappa shape index (κ3) is 6.45. The van der Waals surface area contributed by atoms with Gasteiger partial charge in [-0.2, -0.15) is 0 Å². The van der Waals surface area contributed by atoms with Crippen molar-refractivity contribution in [2.45, 2.75) is 65.8 Å². The lowest BCUT2D eigenvalue weighted by Crippen LogP contribution is -2.50. The van der Waals surface area contributed by atoms with Gasteiger partial charge in [-0.3, -0.25) is 9.59 Å². The summed E-state index contributed by atoms with van der Waals surface area (Å²) < 4.78 is 0. The molecule has 0 aromatic carbocycles. The maximum Gasteiger partial charge on any atom is 0.245 e. The van der Waals surface area contributed by atoms with E-state index in [2.05, 4.69) is 33.0 Å². The van der Waals surface area contributed by atoms with E-state index in [1.165, 1.54) is 0 Å². The van der Waals surface area contributed by atoms with E-state index in [9.17, 15) is 9.59 Å². The van der Waals surface area contributed by atoms with Crippen LogP contribution in [0.15, 0.2) is 0 Å². The van der Waals surface area contributed by atoms with Crippen LogP contribution in [0.25, 0.3) is 0 Å². The van der Waals surface area contributed by atoms with Crippen LogP contribution in [0.3, 0.4) is 0 Å². The van der Waals surface area contributed by atoms with Crippen molar-refractivity contribution in [2.24, 2.45) is 11.3 Å². The van der Waals surface area contributed by atoms with E-state index in [1.807, 2.05) is 9.80 Å². The summed E-state index contributed by atoms with van der Waals surface area (Å²) in [7, 11) is 0. The molecule has 2 amide bonds. The first-order chi connectivity index (χ1) is 11.3. The van der Waals surface area contributed by atoms with Gasteiger partial charge >= 0.3 is 0 Å². The topological polar surface area (TPSA) is 52.7 Å². The maximum atomic E-state index is 12.9. The van der Waals surface area contributed by atoms with E-state index < -0.39 is 0 Å². The molecule has 2 saturated heterocycles. The minimum absolute atomic E-state index is 0. The van der Waals surface area contributed by atoms with Crippen LogP contribution in [0, 0.1) is 11.3 Å². The van der Waals surface area contributed by atoms with Crippen molar-refractivity contribution in [3.63, 3.8) is 0 Å². The van der Waals surface area contributed by atoms with Crippen molar-refractivity contribution in [1.29, 1.82) is 0 Å². The fraction of sp³-hybridized carbons (Fsp3) is 0.895. The molecular weight excluding hydrogens is 338 g/mol. The van der Waals surface area contributed by atoms with Crippen LogP contribution in [0.1, 0.15) is 59.8 Å². The minimum Gasteiger partial charge on any atom is -0.341 e. The van der Waals surface area contributed by atoms with Gasteiger partial charge in [-0.1, -0.05) is 27.7 Å². The average molecular weight is 374 g/mol. The number of carbonyl (C=O) groups is 2. The molecule has 0 saturated carbocycles. The number of amides is 2. The molecule has 0 radical (unpaired) electrons. The summed E-state index contributed by atoms with van der Waals surface area (Å²) in [4.78, 5) is 29.3. The van der Waals surface area contributed by atoms with Gasteiger partial charge in [-0.25, -0.2) is 0 Å². The van der Waals surface area contributed by atoms with Crippen molar-refractivity contribution in [3.8, 4) is 0 Å². The quantitative estimate of drug-likeness (QED) is 0.806. The first kappa shape index (κ1) is 22.2. The van der Waals surface area contributed by atoms with Gasteiger partial charge in [0, 0.05) is 26.1 Å². The van der Waals surface area contributed by atoms with Gasteiger partial charge in [-0.15, -0.1) is 12.4 Å². The lowest BCUT2D eigenvalue weighted by Gasteiger charge is -2.36. The predicted octanol–water partition coefficient (Wildman–Crippen LogP) is 2.68. The number of rotatable bonds is 5. The van der Waals surface area contributed by atoms with Gasteiger partial charge in [-0.05, 0) is 50.1 Å². The second kappa shape index (κ2) is 9.77. The summed E-state index contributed by atoms with van der Waals surface area (Å²) in [6.45, 7) is 12.8. The maximum absolute atomic E-state index is 12.9. The third-order valence-electron chi connectivity index (χ3n) is 5.15. The Labute approximate surface area is 159 Å². The van der Waals surface area contributed by atoms with Crippen LogP contribution < -0.4 is 5.32 Å². The van der Waals surface area contributed by atoms with Gasteiger partial charge in [0.15, 0.2) is 0 Å². The molecule has 1 N–H and O–H groups in total. The molecular formula is C19H36ClN3O2. The molecule has 0 spiro atoms. The summed E-state index contributed by atoms with van der Waals surface area (Å²) in [6.07, 6.45) is 4.43. The molecule has 2 fully saturated rings. The summed E-state index contributed by atoms with van der Waals surface area (Å²) in [5.74, 6) is 0.994. The molecule has 25 heavy (non-hydrogen) atoms. The lowest BCUT2D eigenvalue weighted by molar-refractivity contribution is -0.145. The van der Waals surface area contributed by atoms with Crippen LogP contribution in [-0.2, 0) is 9.59 Å². The molecule has 2 heterocycles. The molecule has 2 rings (SSSR count). The fourth-order valence-electron chi connectivity index (χ4n) is 3.79. The van der Waals surface area contributed by atoms with Crippen molar-refractivity contribution >= 4 is 24.2 Å². The first-order valence-electron chi connectivity index (χ1n) is 9.61. The average Bonchev–Trinajstić information content (AvgIpc) is 3.01. The van der Waals surface area contributed by atoms with E-state index in [1.54, 1.807) is 0 Å². The smallest absolute Gasteiger partial charge is 0.245 e. The van der Waals surface area contributed by atoms with Gasteiger partial charge in [0.25, 0.3) is 0 Å². The molecule has 0 bridgehead atoms. The minimum atomic E-state index is -0.217. The second-order valence-corrected chi connectivity index (χ2v) is 8.56. The van der Waals surface area contributed by atoms with Gasteiger partial charge < -0.3 is 15.1 Å². The van der Waals surface area contributed by atoms with E-state index >= 15 is 0 Å². The predicted molar refractivity (Wildman–Crippen MR) is 104 cm³/mol. The standard InChI is InChI=1S/C19H35N3O2.ClH/c1-5-20-14-15-8-11-21(12-9-15)18(24)16-7-6-10-22(16)17(23)13-19(2,3)4;/h15-16,20H,5-14H2,1-4H3;1H. The summed E-state index contributed by atoms with van der Waals surface area (Å²) >= 11 is 0. The Morgan fingerprint density at radius 1 is 1.08 bits per heavy atom. The third-order valence-corrected chi connectivity index (χ3v) is 5.15. The first-order valence-corrected chi connectivity index (χ1v) is 9.61. The van der Waals surface area contributed by atoms with E-state index in [-0.39, 0.29) is 35.7 Å². The fourth-order valence-corrected chi connectivity index (χ4v) is 3.79. The van der Waals surface area contributed by atoms with Crippen molar-refractivity contribution in [2.75, 3.05) is 32.7 Å². The van der Waals surface area contributed by atoms with Crippen LogP contribution >= 0.6 is 12.4 Å². The van der Waals surface area contributed by atoms with E-state index in [4.69, 9.17) is 0 Å². The number of hydrogen-bond donors (Lipinski definition) is 1. The van der Waals surface area contributed by atoms with E-state index in [0.29, 0.717) is 12.3 Å². The largest absolute Gasteiger partial charge is 0.341 e. The van der Waals surface area contributed by atoms with Gasteiger partial charge in [0.2, 0.25) is 11.8 Å². The highest BCUT2D eigenvalue weighted by Crippen LogP contribution is 2.27. The zero-order valence-electron chi connectivity index (χ0n) is 16.3. The number of nitrogens with one attached hydrogen (secondary N) is 1. The molecule has 0 aromatic heterocycles. The number of carbonyl (C=O) groups excluding carboxylic acids is 2. The Morgan fingerprint density at radius 3 is 2.28 bits per heavy atom. The van der Waals surface area contributed by atoms with Crippen LogP contribution in [0.4, 0.5) is 0 Å². The highest BCUT2D eigenvalue weighted by Gasteiger charge is 2.38. The molecule has 6 heteroatoms. The van der Waals surface area contributed by atoms with Crippen molar-refractivity contribution in [1.82, 2.24) is 15.1 Å². The Kier molecular flexibility index (Phi) is 8.69. The zero-order valence-corrected chi connectivity index (χ0v) is 17.2. The normalized spacial score (nSPS) is 22.0. The number of piperidine rings is 1. The highest BCUT2D eigenvalue weighted by molar-refractivity contribution is 5.88. The molecule has 5 nitrogen and oxygen atoms in total. The van der Waals surface area contributed by atoms with E-state index in [0.717, 1.165) is 58.4 Å². The van der Waals surface area contributed by atoms with Gasteiger partial charge in [0.05, 0.1) is 0 Å².